The van der Waals surface area contributed by atoms with Crippen LogP contribution < -0.4 is 10.6 Å². The maximum Gasteiger partial charge on any atom is 0.267 e. The normalized spacial score (nSPS) is 10.8. The average Bonchev–Trinajstić information content (AvgIpc) is 3.28. The largest absolute Gasteiger partial charge is 0.339 e. The van der Waals surface area contributed by atoms with Crippen LogP contribution in [0.4, 0.5) is 17.2 Å². The summed E-state index contributed by atoms with van der Waals surface area (Å²) in [6.45, 7) is 7.86. The third-order valence-electron chi connectivity index (χ3n) is 4.89. The lowest BCUT2D eigenvalue weighted by molar-refractivity contribution is 0.103. The highest BCUT2D eigenvalue weighted by Crippen LogP contribution is 2.20. The van der Waals surface area contributed by atoms with E-state index < -0.39 is 0 Å². The molecule has 0 spiro atoms. The monoisotopic (exact) mass is 419 g/mol. The topological polar surface area (TPSA) is 97.6 Å². The number of carbonyl (C=O) groups is 1. The predicted octanol–water partition coefficient (Wildman–Crippen LogP) is 4.35. The Balaban J connectivity index is 1.42. The summed E-state index contributed by atoms with van der Waals surface area (Å²) in [5.74, 6) is 1.14. The summed E-state index contributed by atoms with van der Waals surface area (Å²) < 4.78 is 1.80. The summed E-state index contributed by atoms with van der Waals surface area (Å²) in [5.41, 5.74) is 7.12. The second-order valence-corrected chi connectivity index (χ2v) is 7.76. The van der Waals surface area contributed by atoms with Crippen molar-refractivity contribution in [2.45, 2.75) is 27.7 Å². The fourth-order valence-electron chi connectivity index (χ4n) is 2.94. The molecule has 3 aromatic heterocycles. The number of benzene rings is 1. The predicted molar refractivity (Wildman–Crippen MR) is 118 cm³/mol. The van der Waals surface area contributed by atoms with E-state index in [4.69, 9.17) is 0 Å². The van der Waals surface area contributed by atoms with Gasteiger partial charge in [-0.1, -0.05) is 0 Å². The Morgan fingerprint density at radius 3 is 2.23 bits per heavy atom. The van der Waals surface area contributed by atoms with Crippen molar-refractivity contribution in [2.24, 2.45) is 0 Å². The lowest BCUT2D eigenvalue weighted by Crippen LogP contribution is -2.11. The van der Waals surface area contributed by atoms with E-state index in [2.05, 4.69) is 30.9 Å². The lowest BCUT2D eigenvalue weighted by atomic mass is 10.2. The molecule has 9 heteroatoms. The highest BCUT2D eigenvalue weighted by atomic mass is 32.1. The Kier molecular flexibility index (Phi) is 5.28. The zero-order valence-electron chi connectivity index (χ0n) is 17.1. The fraction of sp³-hybridized carbons (Fsp3) is 0.190. The number of thiazole rings is 1. The molecule has 0 atom stereocenters. The van der Waals surface area contributed by atoms with Gasteiger partial charge in [0.15, 0.2) is 11.6 Å². The first-order valence-corrected chi connectivity index (χ1v) is 10.3. The number of aryl methyl sites for hydroxylation is 2. The molecule has 8 nitrogen and oxygen atoms in total. The van der Waals surface area contributed by atoms with Gasteiger partial charge in [0.05, 0.1) is 16.9 Å². The summed E-state index contributed by atoms with van der Waals surface area (Å²) in [6, 6.07) is 11.1. The van der Waals surface area contributed by atoms with Gasteiger partial charge in [-0.3, -0.25) is 4.79 Å². The van der Waals surface area contributed by atoms with E-state index in [0.717, 1.165) is 28.3 Å². The van der Waals surface area contributed by atoms with Gasteiger partial charge in [-0.25, -0.2) is 9.67 Å². The van der Waals surface area contributed by atoms with Crippen LogP contribution in [0.2, 0.25) is 0 Å². The summed E-state index contributed by atoms with van der Waals surface area (Å²) in [5, 5.41) is 19.1. The quantitative estimate of drug-likeness (QED) is 0.499. The molecule has 0 fully saturated rings. The molecule has 0 radical (unpaired) electrons. The molecule has 2 N–H and O–H groups in total. The first-order valence-electron chi connectivity index (χ1n) is 9.38. The van der Waals surface area contributed by atoms with Crippen molar-refractivity contribution < 1.29 is 4.79 Å². The van der Waals surface area contributed by atoms with E-state index in [1.54, 1.807) is 10.2 Å². The van der Waals surface area contributed by atoms with Gasteiger partial charge in [0, 0.05) is 17.1 Å². The molecule has 0 aliphatic rings. The van der Waals surface area contributed by atoms with Crippen LogP contribution in [-0.4, -0.2) is 30.9 Å². The molecule has 0 saturated heterocycles. The van der Waals surface area contributed by atoms with Crippen molar-refractivity contribution in [1.82, 2.24) is 25.0 Å². The van der Waals surface area contributed by atoms with Gasteiger partial charge < -0.3 is 10.6 Å². The van der Waals surface area contributed by atoms with E-state index in [0.29, 0.717) is 22.2 Å². The number of anilines is 3. The third-order valence-corrected chi connectivity index (χ3v) is 5.81. The highest BCUT2D eigenvalue weighted by molar-refractivity contribution is 7.12. The van der Waals surface area contributed by atoms with Crippen molar-refractivity contribution >= 4 is 34.4 Å². The van der Waals surface area contributed by atoms with Gasteiger partial charge >= 0.3 is 0 Å². The van der Waals surface area contributed by atoms with E-state index in [9.17, 15) is 4.79 Å². The molecule has 4 rings (SSSR count). The number of hydrogen-bond donors (Lipinski definition) is 2. The van der Waals surface area contributed by atoms with Crippen LogP contribution in [0, 0.1) is 27.7 Å². The highest BCUT2D eigenvalue weighted by Gasteiger charge is 2.12. The first-order chi connectivity index (χ1) is 14.4. The molecule has 0 saturated carbocycles. The molecular weight excluding hydrogens is 398 g/mol. The maximum atomic E-state index is 12.3. The Labute approximate surface area is 178 Å². The molecular formula is C21H21N7OS. The Bertz CT molecular complexity index is 1190. The van der Waals surface area contributed by atoms with Gasteiger partial charge in [0.2, 0.25) is 0 Å². The van der Waals surface area contributed by atoms with Gasteiger partial charge in [-0.15, -0.1) is 21.5 Å². The second kappa shape index (κ2) is 8.03. The minimum atomic E-state index is -0.156. The molecule has 1 aromatic carbocycles. The van der Waals surface area contributed by atoms with Gasteiger partial charge in [-0.2, -0.15) is 5.10 Å². The van der Waals surface area contributed by atoms with Crippen LogP contribution in [0.15, 0.2) is 41.9 Å². The average molecular weight is 420 g/mol. The molecule has 4 aromatic rings. The molecule has 1 amide bonds. The zero-order chi connectivity index (χ0) is 21.3. The fourth-order valence-corrected chi connectivity index (χ4v) is 3.64. The lowest BCUT2D eigenvalue weighted by Gasteiger charge is -2.08. The molecule has 30 heavy (non-hydrogen) atoms. The minimum Gasteiger partial charge on any atom is -0.339 e. The van der Waals surface area contributed by atoms with Crippen LogP contribution in [0.1, 0.15) is 32.3 Å². The number of carbonyl (C=O) groups excluding carboxylic acids is 1. The van der Waals surface area contributed by atoms with E-state index in [1.165, 1.54) is 11.3 Å². The van der Waals surface area contributed by atoms with Gasteiger partial charge in [0.25, 0.3) is 5.91 Å². The third kappa shape index (κ3) is 3.92. The van der Waals surface area contributed by atoms with Crippen LogP contribution in [0.25, 0.3) is 5.82 Å². The second-order valence-electron chi connectivity index (χ2n) is 6.91. The van der Waals surface area contributed by atoms with Crippen LogP contribution in [0.5, 0.6) is 0 Å². The number of amides is 1. The van der Waals surface area contributed by atoms with E-state index in [1.807, 2.05) is 64.1 Å². The minimum absolute atomic E-state index is 0.156. The number of hydrogen-bond acceptors (Lipinski definition) is 7. The SMILES string of the molecule is Cc1ncsc1C(=O)Nc1ccc(Nc2ccc(-n3nc(C)c(C)c3C)nn2)cc1. The molecule has 3 heterocycles. The Morgan fingerprint density at radius 2 is 1.67 bits per heavy atom. The molecule has 0 unspecified atom stereocenters. The van der Waals surface area contributed by atoms with Crippen molar-refractivity contribution in [3.63, 3.8) is 0 Å². The summed E-state index contributed by atoms with van der Waals surface area (Å²) in [6.07, 6.45) is 0. The van der Waals surface area contributed by atoms with E-state index >= 15 is 0 Å². The molecule has 0 aliphatic carbocycles. The van der Waals surface area contributed by atoms with Gasteiger partial charge in [-0.05, 0) is 69.7 Å². The number of rotatable bonds is 5. The molecule has 152 valence electrons. The molecule has 0 bridgehead atoms. The maximum absolute atomic E-state index is 12.3. The van der Waals surface area contributed by atoms with Gasteiger partial charge in [0.1, 0.15) is 4.88 Å². The first kappa shape index (κ1) is 19.7. The van der Waals surface area contributed by atoms with Crippen LogP contribution in [0.3, 0.4) is 0 Å². The van der Waals surface area contributed by atoms with Crippen LogP contribution >= 0.6 is 11.3 Å². The Hall–Kier alpha value is -3.59. The smallest absolute Gasteiger partial charge is 0.267 e. The Morgan fingerprint density at radius 1 is 0.933 bits per heavy atom. The van der Waals surface area contributed by atoms with Crippen molar-refractivity contribution in [3.8, 4) is 5.82 Å². The van der Waals surface area contributed by atoms with Crippen molar-refractivity contribution in [2.75, 3.05) is 10.6 Å². The summed E-state index contributed by atoms with van der Waals surface area (Å²) >= 11 is 1.33. The molecule has 0 aliphatic heterocycles. The van der Waals surface area contributed by atoms with Crippen molar-refractivity contribution in [1.29, 1.82) is 0 Å². The number of nitrogens with zero attached hydrogens (tertiary/aromatic N) is 5. The number of aromatic nitrogens is 5. The summed E-state index contributed by atoms with van der Waals surface area (Å²) in [4.78, 5) is 17.0. The van der Waals surface area contributed by atoms with E-state index in [-0.39, 0.29) is 5.91 Å². The summed E-state index contributed by atoms with van der Waals surface area (Å²) in [7, 11) is 0. The zero-order valence-corrected chi connectivity index (χ0v) is 17.9. The number of nitrogens with one attached hydrogen (secondary N) is 2. The van der Waals surface area contributed by atoms with Crippen LogP contribution in [-0.2, 0) is 0 Å². The van der Waals surface area contributed by atoms with Crippen molar-refractivity contribution in [3.05, 3.63) is 69.4 Å². The standard InChI is InChI=1S/C21H21N7OS/c1-12-13(2)27-28(15(12)4)19-10-9-18(25-26-19)23-16-5-7-17(8-6-16)24-21(29)20-14(3)22-11-30-20/h5-11H,1-4H3,(H,23,25)(H,24,29).